The molecule has 0 bridgehead atoms. The van der Waals surface area contributed by atoms with Gasteiger partial charge in [0.15, 0.2) is 5.78 Å². The van der Waals surface area contributed by atoms with E-state index in [9.17, 15) is 14.4 Å². The van der Waals surface area contributed by atoms with Gasteiger partial charge in [-0.25, -0.2) is 0 Å². The number of aryl methyl sites for hydroxylation is 3. The monoisotopic (exact) mass is 344 g/mol. The number of carbonyl (C=O) groups is 3. The summed E-state index contributed by atoms with van der Waals surface area (Å²) in [6.45, 7) is 5.77. The molecule has 0 fully saturated rings. The lowest BCUT2D eigenvalue weighted by atomic mass is 10.1. The smallest absolute Gasteiger partial charge is 0.269 e. The van der Waals surface area contributed by atoms with Crippen molar-refractivity contribution in [2.24, 2.45) is 0 Å². The summed E-state index contributed by atoms with van der Waals surface area (Å²) in [6.07, 6.45) is 0.143. The summed E-state index contributed by atoms with van der Waals surface area (Å²) in [5.74, 6) is -0.843. The minimum absolute atomic E-state index is 0.0291. The lowest BCUT2D eigenvalue weighted by Crippen LogP contribution is -2.41. The Morgan fingerprint density at radius 1 is 0.958 bits per heavy atom. The Kier molecular flexibility index (Phi) is 5.87. The largest absolute Gasteiger partial charge is 0.294 e. The van der Waals surface area contributed by atoms with Gasteiger partial charge in [-0.1, -0.05) is 17.7 Å². The molecular formula is C18H20N2O3S. The van der Waals surface area contributed by atoms with Crippen molar-refractivity contribution in [3.63, 3.8) is 0 Å². The van der Waals surface area contributed by atoms with E-state index < -0.39 is 5.91 Å². The maximum atomic E-state index is 12.1. The first-order valence-corrected chi connectivity index (χ1v) is 8.44. The summed E-state index contributed by atoms with van der Waals surface area (Å²) >= 11 is 1.57. The number of hydrogen-bond donors (Lipinski definition) is 2. The van der Waals surface area contributed by atoms with E-state index in [2.05, 4.69) is 10.9 Å². The number of nitrogens with one attached hydrogen (secondary N) is 2. The zero-order valence-electron chi connectivity index (χ0n) is 13.9. The Bertz CT molecular complexity index is 763. The van der Waals surface area contributed by atoms with Crippen LogP contribution in [0.15, 0.2) is 30.3 Å². The van der Waals surface area contributed by atoms with Crippen LogP contribution >= 0.6 is 11.3 Å². The van der Waals surface area contributed by atoms with Gasteiger partial charge in [0.2, 0.25) is 5.91 Å². The van der Waals surface area contributed by atoms with Gasteiger partial charge in [0, 0.05) is 33.7 Å². The first kappa shape index (κ1) is 17.9. The first-order chi connectivity index (χ1) is 11.4. The molecule has 0 aliphatic heterocycles. The van der Waals surface area contributed by atoms with Crippen LogP contribution in [-0.2, 0) is 4.79 Å². The number of hydrogen-bond acceptors (Lipinski definition) is 4. The van der Waals surface area contributed by atoms with Crippen LogP contribution in [0, 0.1) is 20.8 Å². The molecule has 2 aromatic rings. The third-order valence-corrected chi connectivity index (χ3v) is 4.52. The second kappa shape index (κ2) is 7.88. The van der Waals surface area contributed by atoms with Crippen molar-refractivity contribution in [2.45, 2.75) is 33.6 Å². The molecule has 0 saturated carbocycles. The standard InChI is InChI=1S/C18H20N2O3S/c1-11-4-6-14(7-5-11)18(23)20-19-17(22)9-8-16(21)15-10-12(2)24-13(15)3/h4-7,10H,8-9H2,1-3H3,(H,19,22)(H,20,23). The van der Waals surface area contributed by atoms with Gasteiger partial charge in [-0.15, -0.1) is 11.3 Å². The zero-order valence-corrected chi connectivity index (χ0v) is 14.8. The fourth-order valence-corrected chi connectivity index (χ4v) is 3.18. The van der Waals surface area contributed by atoms with E-state index in [0.29, 0.717) is 11.1 Å². The molecule has 0 radical (unpaired) electrons. The van der Waals surface area contributed by atoms with E-state index in [1.165, 1.54) is 0 Å². The number of hydrazine groups is 1. The van der Waals surface area contributed by atoms with Crippen LogP contribution in [0.5, 0.6) is 0 Å². The molecule has 0 saturated heterocycles. The van der Waals surface area contributed by atoms with E-state index in [1.54, 1.807) is 23.5 Å². The Balaban J connectivity index is 1.79. The Morgan fingerprint density at radius 3 is 2.21 bits per heavy atom. The van der Waals surface area contributed by atoms with Crippen LogP contribution in [0.2, 0.25) is 0 Å². The van der Waals surface area contributed by atoms with Gasteiger partial charge in [-0.2, -0.15) is 0 Å². The molecule has 0 aliphatic rings. The topological polar surface area (TPSA) is 75.3 Å². The highest BCUT2D eigenvalue weighted by molar-refractivity contribution is 7.12. The molecule has 1 aromatic carbocycles. The molecule has 0 atom stereocenters. The molecule has 2 rings (SSSR count). The average Bonchev–Trinajstić information content (AvgIpc) is 2.89. The van der Waals surface area contributed by atoms with E-state index in [-0.39, 0.29) is 24.5 Å². The lowest BCUT2D eigenvalue weighted by Gasteiger charge is -2.07. The molecule has 0 unspecified atom stereocenters. The van der Waals surface area contributed by atoms with Crippen LogP contribution < -0.4 is 10.9 Å². The molecule has 2 amide bonds. The summed E-state index contributed by atoms with van der Waals surface area (Å²) in [6, 6.07) is 8.85. The number of amides is 2. The van der Waals surface area contributed by atoms with Crippen molar-refractivity contribution in [3.8, 4) is 0 Å². The predicted octanol–water partition coefficient (Wildman–Crippen LogP) is 3.10. The van der Waals surface area contributed by atoms with Gasteiger partial charge in [-0.3, -0.25) is 25.2 Å². The number of Topliss-reactive ketones (excluding diaryl/α,β-unsaturated/α-hetero) is 1. The number of rotatable bonds is 5. The van der Waals surface area contributed by atoms with Gasteiger partial charge >= 0.3 is 0 Å². The Hall–Kier alpha value is -2.47. The minimum Gasteiger partial charge on any atom is -0.294 e. The highest BCUT2D eigenvalue weighted by Gasteiger charge is 2.14. The number of benzene rings is 1. The maximum Gasteiger partial charge on any atom is 0.269 e. The van der Waals surface area contributed by atoms with Crippen molar-refractivity contribution < 1.29 is 14.4 Å². The second-order valence-electron chi connectivity index (χ2n) is 5.62. The van der Waals surface area contributed by atoms with E-state index >= 15 is 0 Å². The van der Waals surface area contributed by atoms with Gasteiger partial charge < -0.3 is 0 Å². The second-order valence-corrected chi connectivity index (χ2v) is 7.08. The zero-order chi connectivity index (χ0) is 17.7. The quantitative estimate of drug-likeness (QED) is 0.646. The first-order valence-electron chi connectivity index (χ1n) is 7.63. The fraction of sp³-hybridized carbons (Fsp3) is 0.278. The highest BCUT2D eigenvalue weighted by atomic mass is 32.1. The molecule has 0 aliphatic carbocycles. The van der Waals surface area contributed by atoms with Gasteiger partial charge in [0.25, 0.3) is 5.91 Å². The van der Waals surface area contributed by atoms with Crippen molar-refractivity contribution in [3.05, 3.63) is 56.8 Å². The van der Waals surface area contributed by atoms with E-state index in [4.69, 9.17) is 0 Å². The molecule has 1 aromatic heterocycles. The lowest BCUT2D eigenvalue weighted by molar-refractivity contribution is -0.121. The maximum absolute atomic E-state index is 12.1. The van der Waals surface area contributed by atoms with Crippen molar-refractivity contribution in [2.75, 3.05) is 0 Å². The normalized spacial score (nSPS) is 10.3. The average molecular weight is 344 g/mol. The summed E-state index contributed by atoms with van der Waals surface area (Å²) in [7, 11) is 0. The van der Waals surface area contributed by atoms with E-state index in [1.807, 2.05) is 39.0 Å². The van der Waals surface area contributed by atoms with E-state index in [0.717, 1.165) is 15.3 Å². The van der Waals surface area contributed by atoms with Crippen LogP contribution in [0.25, 0.3) is 0 Å². The molecule has 1 heterocycles. The molecule has 6 heteroatoms. The molecule has 24 heavy (non-hydrogen) atoms. The summed E-state index contributed by atoms with van der Waals surface area (Å²) in [4.78, 5) is 37.8. The molecule has 5 nitrogen and oxygen atoms in total. The molecule has 2 N–H and O–H groups in total. The number of thiophene rings is 1. The summed E-state index contributed by atoms with van der Waals surface area (Å²) in [5, 5.41) is 0. The predicted molar refractivity (Wildman–Crippen MR) is 94.1 cm³/mol. The minimum atomic E-state index is -0.395. The fourth-order valence-electron chi connectivity index (χ4n) is 2.24. The van der Waals surface area contributed by atoms with Crippen LogP contribution in [0.3, 0.4) is 0 Å². The molecule has 126 valence electrons. The number of ketones is 1. The third-order valence-electron chi connectivity index (χ3n) is 3.55. The van der Waals surface area contributed by atoms with Crippen molar-refractivity contribution >= 4 is 28.9 Å². The SMILES string of the molecule is Cc1ccc(C(=O)NNC(=O)CCC(=O)c2cc(C)sc2C)cc1. The van der Waals surface area contributed by atoms with Crippen molar-refractivity contribution in [1.82, 2.24) is 10.9 Å². The Labute approximate surface area is 145 Å². The molecule has 0 spiro atoms. The highest BCUT2D eigenvalue weighted by Crippen LogP contribution is 2.22. The third kappa shape index (κ3) is 4.76. The van der Waals surface area contributed by atoms with Gasteiger partial charge in [0.1, 0.15) is 0 Å². The van der Waals surface area contributed by atoms with Crippen LogP contribution in [0.1, 0.15) is 48.9 Å². The van der Waals surface area contributed by atoms with Crippen LogP contribution in [-0.4, -0.2) is 17.6 Å². The molecular weight excluding hydrogens is 324 g/mol. The van der Waals surface area contributed by atoms with Gasteiger partial charge in [0.05, 0.1) is 0 Å². The van der Waals surface area contributed by atoms with Crippen molar-refractivity contribution in [1.29, 1.82) is 0 Å². The van der Waals surface area contributed by atoms with Gasteiger partial charge in [-0.05, 0) is 39.0 Å². The summed E-state index contributed by atoms with van der Waals surface area (Å²) < 4.78 is 0. The van der Waals surface area contributed by atoms with Crippen LogP contribution in [0.4, 0.5) is 0 Å². The Morgan fingerprint density at radius 2 is 1.62 bits per heavy atom. The number of carbonyl (C=O) groups excluding carboxylic acids is 3. The summed E-state index contributed by atoms with van der Waals surface area (Å²) in [5.41, 5.74) is 6.87.